The van der Waals surface area contributed by atoms with E-state index in [2.05, 4.69) is 5.32 Å². The second-order valence-corrected chi connectivity index (χ2v) is 9.11. The third-order valence-corrected chi connectivity index (χ3v) is 5.80. The van der Waals surface area contributed by atoms with Crippen LogP contribution >= 0.6 is 11.8 Å². The lowest BCUT2D eigenvalue weighted by molar-refractivity contribution is -0.192. The number of hydrogen-bond acceptors (Lipinski definition) is 10. The summed E-state index contributed by atoms with van der Waals surface area (Å²) in [5.74, 6) is -3.47. The fraction of sp³-hybridized carbons (Fsp3) is 0.571. The Kier molecular flexibility index (Phi) is 10.4. The smallest absolute Gasteiger partial charge is 0.480 e. The molecule has 4 aliphatic rings. The molecule has 0 aromatic carbocycles. The second-order valence-electron chi connectivity index (χ2n) is 8.13. The van der Waals surface area contributed by atoms with Crippen LogP contribution in [0.5, 0.6) is 0 Å². The third kappa shape index (κ3) is 9.27. The molecule has 1 unspecified atom stereocenters. The Balaban J connectivity index is 0.000000215. The third-order valence-electron chi connectivity index (χ3n) is 5.16. The molecule has 0 saturated carbocycles. The summed E-state index contributed by atoms with van der Waals surface area (Å²) >= 11 is 1.54. The van der Waals surface area contributed by atoms with E-state index < -0.39 is 30.1 Å². The van der Waals surface area contributed by atoms with Crippen LogP contribution in [0.1, 0.15) is 6.42 Å². The molecule has 206 valence electrons. The number of ketones is 2. The lowest BCUT2D eigenvalue weighted by Gasteiger charge is -2.21. The predicted molar refractivity (Wildman–Crippen MR) is 125 cm³/mol. The first-order valence-electron chi connectivity index (χ1n) is 11.1. The van der Waals surface area contributed by atoms with Crippen molar-refractivity contribution in [2.75, 3.05) is 57.8 Å². The monoisotopic (exact) mass is 551 g/mol. The fourth-order valence-corrected chi connectivity index (χ4v) is 3.49. The summed E-state index contributed by atoms with van der Waals surface area (Å²) in [6.07, 6.45) is -1.26. The maximum atomic E-state index is 12.4. The Labute approximate surface area is 214 Å². The van der Waals surface area contributed by atoms with Gasteiger partial charge in [-0.2, -0.15) is 24.9 Å². The maximum Gasteiger partial charge on any atom is 0.490 e. The fourth-order valence-electron chi connectivity index (χ4n) is 3.02. The molecule has 0 bridgehead atoms. The van der Waals surface area contributed by atoms with Gasteiger partial charge in [0.15, 0.2) is 0 Å². The molecule has 5 N–H and O–H groups in total. The number of carboxylic acids is 2. The van der Waals surface area contributed by atoms with Crippen LogP contribution in [0.15, 0.2) is 23.2 Å². The molecular weight excluding hydrogens is 523 g/mol. The number of carboxylic acid groups (broad SMARTS) is 2. The number of hydrogen-bond donors (Lipinski definition) is 4. The molecule has 0 radical (unpaired) electrons. The molecular formula is C21H28F3N5O7S. The van der Waals surface area contributed by atoms with Crippen molar-refractivity contribution < 1.29 is 47.4 Å². The first kappa shape index (κ1) is 30.0. The van der Waals surface area contributed by atoms with E-state index in [0.29, 0.717) is 29.3 Å². The number of Topliss-reactive ketones (excluding diaryl/α,β-unsaturated/α-hetero) is 1. The van der Waals surface area contributed by atoms with E-state index in [0.717, 1.165) is 39.3 Å². The molecule has 3 fully saturated rings. The van der Waals surface area contributed by atoms with Crippen molar-refractivity contribution in [2.45, 2.75) is 18.6 Å². The molecule has 3 heterocycles. The largest absolute Gasteiger partial charge is 0.490 e. The zero-order valence-corrected chi connectivity index (χ0v) is 20.7. The van der Waals surface area contributed by atoms with Crippen molar-refractivity contribution in [2.24, 2.45) is 5.73 Å². The summed E-state index contributed by atoms with van der Waals surface area (Å²) in [6.45, 7) is 5.23. The van der Waals surface area contributed by atoms with Gasteiger partial charge in [-0.3, -0.25) is 14.4 Å². The molecule has 16 heteroatoms. The minimum absolute atomic E-state index is 0.00546. The van der Waals surface area contributed by atoms with Crippen LogP contribution in [0.4, 0.5) is 13.2 Å². The molecule has 3 aliphatic heterocycles. The van der Waals surface area contributed by atoms with E-state index in [1.165, 1.54) is 17.8 Å². The number of allylic oxidation sites excluding steroid dienone is 1. The minimum Gasteiger partial charge on any atom is -0.480 e. The average Bonchev–Trinajstić information content (AvgIpc) is 3.67. The Morgan fingerprint density at radius 2 is 1.51 bits per heavy atom. The average molecular weight is 552 g/mol. The van der Waals surface area contributed by atoms with Gasteiger partial charge in [0.25, 0.3) is 0 Å². The van der Waals surface area contributed by atoms with Crippen molar-refractivity contribution in [1.29, 1.82) is 0 Å². The van der Waals surface area contributed by atoms with Crippen molar-refractivity contribution in [1.82, 2.24) is 20.0 Å². The number of halogens is 3. The van der Waals surface area contributed by atoms with Crippen molar-refractivity contribution >= 4 is 41.2 Å². The number of nitrogens with one attached hydrogen (secondary N) is 1. The minimum atomic E-state index is -5.08. The topological polar surface area (TPSA) is 173 Å². The molecule has 12 nitrogen and oxygen atoms in total. The van der Waals surface area contributed by atoms with E-state index >= 15 is 0 Å². The number of aliphatic carboxylic acids is 2. The number of alkyl halides is 3. The van der Waals surface area contributed by atoms with Gasteiger partial charge in [0.05, 0.1) is 12.2 Å². The molecule has 0 aromatic rings. The van der Waals surface area contributed by atoms with Gasteiger partial charge in [-0.1, -0.05) is 0 Å². The van der Waals surface area contributed by atoms with E-state index in [1.807, 2.05) is 21.0 Å². The van der Waals surface area contributed by atoms with Crippen LogP contribution in [-0.2, 0) is 24.0 Å². The van der Waals surface area contributed by atoms with Gasteiger partial charge in [-0.25, -0.2) is 9.59 Å². The summed E-state index contributed by atoms with van der Waals surface area (Å²) in [7, 11) is 0. The van der Waals surface area contributed by atoms with Crippen molar-refractivity contribution in [3.05, 3.63) is 23.2 Å². The van der Waals surface area contributed by atoms with Gasteiger partial charge >= 0.3 is 18.1 Å². The predicted octanol–water partition coefficient (Wildman–Crippen LogP) is -0.919. The van der Waals surface area contributed by atoms with Crippen LogP contribution < -0.4 is 11.1 Å². The summed E-state index contributed by atoms with van der Waals surface area (Å²) in [4.78, 5) is 60.7. The van der Waals surface area contributed by atoms with E-state index in [-0.39, 0.29) is 18.1 Å². The number of nitrogens with zero attached hydrogens (tertiary/aromatic N) is 3. The zero-order chi connectivity index (χ0) is 27.9. The standard InChI is InChI=1S/C12H13N3O2.C7H14N2O3S.C2HF3O2/c16-9-7-8(13-1-2-13)12(17)11(15-5-6-15)10(9)14-3-4-14;1-13-3-2-5(7(11)12)9-6(10)4-8;3-2(4,5)1(6)7/h7H,1-6H2;5H,2-4,8H2,1H3,(H,9,10)(H,11,12);(H,6,7). The summed E-state index contributed by atoms with van der Waals surface area (Å²) in [6, 6.07) is -0.816. The van der Waals surface area contributed by atoms with Crippen molar-refractivity contribution in [3.63, 3.8) is 0 Å². The molecule has 4 rings (SSSR count). The van der Waals surface area contributed by atoms with E-state index in [9.17, 15) is 32.3 Å². The van der Waals surface area contributed by atoms with Crippen LogP contribution in [0, 0.1) is 0 Å². The summed E-state index contributed by atoms with van der Waals surface area (Å²) < 4.78 is 31.7. The SMILES string of the molecule is CSCCC(NC(=O)CN)C(=O)O.O=C(O)C(F)(F)F.O=C1C=C(N2CC2)C(=O)C(N2CC2)=C1N1CC1. The number of rotatable bonds is 9. The molecule has 0 aromatic heterocycles. The normalized spacial score (nSPS) is 18.6. The number of thioether (sulfide) groups is 1. The zero-order valence-electron chi connectivity index (χ0n) is 19.9. The number of carbonyl (C=O) groups is 5. The highest BCUT2D eigenvalue weighted by Crippen LogP contribution is 2.33. The molecule has 1 aliphatic carbocycles. The Morgan fingerprint density at radius 3 is 1.89 bits per heavy atom. The molecule has 1 amide bonds. The van der Waals surface area contributed by atoms with Crippen LogP contribution in [0.3, 0.4) is 0 Å². The van der Waals surface area contributed by atoms with Gasteiger partial charge in [0, 0.05) is 45.3 Å². The first-order valence-corrected chi connectivity index (χ1v) is 12.5. The van der Waals surface area contributed by atoms with Crippen molar-refractivity contribution in [3.8, 4) is 0 Å². The van der Waals surface area contributed by atoms with E-state index in [1.54, 1.807) is 0 Å². The van der Waals surface area contributed by atoms with Gasteiger partial charge in [0.1, 0.15) is 17.4 Å². The second kappa shape index (κ2) is 12.8. The number of nitrogens with two attached hydrogens (primary N) is 1. The van der Waals surface area contributed by atoms with Gasteiger partial charge in [-0.05, 0) is 18.4 Å². The highest BCUT2D eigenvalue weighted by molar-refractivity contribution is 7.98. The number of carbonyl (C=O) groups excluding carboxylic acids is 3. The van der Waals surface area contributed by atoms with Crippen LogP contribution in [0.2, 0.25) is 0 Å². The van der Waals surface area contributed by atoms with Crippen LogP contribution in [0.25, 0.3) is 0 Å². The Morgan fingerprint density at radius 1 is 1.03 bits per heavy atom. The highest BCUT2D eigenvalue weighted by Gasteiger charge is 2.43. The Hall–Kier alpha value is -3.27. The molecule has 0 spiro atoms. The first-order chi connectivity index (χ1) is 17.3. The molecule has 3 saturated heterocycles. The lowest BCUT2D eigenvalue weighted by atomic mass is 10.0. The lowest BCUT2D eigenvalue weighted by Crippen LogP contribution is -2.43. The molecule has 37 heavy (non-hydrogen) atoms. The van der Waals surface area contributed by atoms with E-state index in [4.69, 9.17) is 20.7 Å². The Bertz CT molecular complexity index is 990. The maximum absolute atomic E-state index is 12.4. The van der Waals surface area contributed by atoms with Crippen LogP contribution in [-0.4, -0.2) is 124 Å². The quantitative estimate of drug-likeness (QED) is 0.205. The van der Waals surface area contributed by atoms with Gasteiger partial charge < -0.3 is 36.0 Å². The summed E-state index contributed by atoms with van der Waals surface area (Å²) in [5, 5.41) is 18.1. The van der Waals surface area contributed by atoms with Gasteiger partial charge in [0.2, 0.25) is 17.5 Å². The molecule has 1 atom stereocenters. The number of amides is 1. The highest BCUT2D eigenvalue weighted by atomic mass is 32.2. The summed E-state index contributed by atoms with van der Waals surface area (Å²) in [5.41, 5.74) is 6.93. The van der Waals surface area contributed by atoms with Gasteiger partial charge in [-0.15, -0.1) is 0 Å².